The molecule has 0 amide bonds. The van der Waals surface area contributed by atoms with Gasteiger partial charge in [0, 0.05) is 24.5 Å². The molecule has 1 aromatic carbocycles. The van der Waals surface area contributed by atoms with Gasteiger partial charge in [-0.2, -0.15) is 5.26 Å². The van der Waals surface area contributed by atoms with Crippen LogP contribution >= 0.6 is 0 Å². The molecule has 0 N–H and O–H groups in total. The number of rotatable bonds is 6. The fourth-order valence-electron chi connectivity index (χ4n) is 2.39. The number of nitriles is 1. The maximum absolute atomic E-state index is 14.3. The Kier molecular flexibility index (Phi) is 5.85. The molecule has 0 bridgehead atoms. The van der Waals surface area contributed by atoms with E-state index in [1.165, 1.54) is 25.3 Å². The summed E-state index contributed by atoms with van der Waals surface area (Å²) in [4.78, 5) is 4.11. The van der Waals surface area contributed by atoms with E-state index in [1.807, 2.05) is 6.07 Å². The van der Waals surface area contributed by atoms with E-state index in [1.54, 1.807) is 13.0 Å². The predicted molar refractivity (Wildman–Crippen MR) is 88.9 cm³/mol. The monoisotopic (exact) mass is 364 g/mol. The van der Waals surface area contributed by atoms with Crippen molar-refractivity contribution in [2.75, 3.05) is 20.2 Å². The second-order valence-corrected chi connectivity index (χ2v) is 7.29. The van der Waals surface area contributed by atoms with Crippen molar-refractivity contribution < 1.29 is 22.3 Å². The van der Waals surface area contributed by atoms with Gasteiger partial charge in [-0.05, 0) is 24.6 Å². The zero-order valence-electron chi connectivity index (χ0n) is 14.0. The first-order valence-corrected chi connectivity index (χ1v) is 9.15. The van der Waals surface area contributed by atoms with E-state index in [4.69, 9.17) is 9.47 Å². The van der Waals surface area contributed by atoms with E-state index in [2.05, 4.69) is 4.98 Å². The maximum Gasteiger partial charge on any atom is 0.194 e. The molecule has 2 rings (SSSR count). The summed E-state index contributed by atoms with van der Waals surface area (Å²) < 4.78 is 48.5. The van der Waals surface area contributed by atoms with Crippen molar-refractivity contribution in [3.63, 3.8) is 0 Å². The first-order valence-electron chi connectivity index (χ1n) is 7.26. The van der Waals surface area contributed by atoms with Crippen molar-refractivity contribution in [3.05, 3.63) is 46.8 Å². The highest BCUT2D eigenvalue weighted by atomic mass is 32.2. The van der Waals surface area contributed by atoms with Gasteiger partial charge in [0.15, 0.2) is 14.9 Å². The summed E-state index contributed by atoms with van der Waals surface area (Å²) in [5.41, 5.74) is 1.01. The van der Waals surface area contributed by atoms with Gasteiger partial charge in [-0.1, -0.05) is 12.1 Å². The SMILES string of the molecule is COCOCc1c(-c2ccccc2F)nc(S(C)(=O)=O)c(C#N)c1C. The van der Waals surface area contributed by atoms with E-state index >= 15 is 0 Å². The van der Waals surface area contributed by atoms with Crippen LogP contribution < -0.4 is 0 Å². The van der Waals surface area contributed by atoms with Gasteiger partial charge in [-0.25, -0.2) is 17.8 Å². The van der Waals surface area contributed by atoms with Gasteiger partial charge < -0.3 is 9.47 Å². The summed E-state index contributed by atoms with van der Waals surface area (Å²) in [5.74, 6) is -0.549. The number of ether oxygens (including phenoxy) is 2. The Morgan fingerprint density at radius 1 is 1.32 bits per heavy atom. The van der Waals surface area contributed by atoms with Gasteiger partial charge in [0.25, 0.3) is 0 Å². The smallest absolute Gasteiger partial charge is 0.194 e. The first kappa shape index (κ1) is 19.0. The van der Waals surface area contributed by atoms with Crippen LogP contribution in [0.25, 0.3) is 11.3 Å². The molecule has 0 spiro atoms. The lowest BCUT2D eigenvalue weighted by Crippen LogP contribution is -2.12. The van der Waals surface area contributed by atoms with Crippen LogP contribution in [-0.4, -0.2) is 33.6 Å². The van der Waals surface area contributed by atoms with Crippen molar-refractivity contribution in [1.82, 2.24) is 4.98 Å². The number of benzene rings is 1. The minimum atomic E-state index is -3.77. The molecule has 0 unspecified atom stereocenters. The Morgan fingerprint density at radius 2 is 2.00 bits per heavy atom. The molecule has 0 aliphatic carbocycles. The van der Waals surface area contributed by atoms with Crippen LogP contribution in [0.4, 0.5) is 4.39 Å². The first-order chi connectivity index (χ1) is 11.8. The van der Waals surface area contributed by atoms with Crippen LogP contribution in [0, 0.1) is 24.1 Å². The summed E-state index contributed by atoms with van der Waals surface area (Å²) >= 11 is 0. The number of pyridine rings is 1. The van der Waals surface area contributed by atoms with Gasteiger partial charge >= 0.3 is 0 Å². The number of hydrogen-bond acceptors (Lipinski definition) is 6. The normalized spacial score (nSPS) is 11.3. The van der Waals surface area contributed by atoms with Gasteiger partial charge in [0.05, 0.1) is 17.9 Å². The van der Waals surface area contributed by atoms with Crippen LogP contribution in [0.5, 0.6) is 0 Å². The highest BCUT2D eigenvalue weighted by molar-refractivity contribution is 7.90. The largest absolute Gasteiger partial charge is 0.359 e. The van der Waals surface area contributed by atoms with Crippen molar-refractivity contribution in [3.8, 4) is 17.3 Å². The molecule has 0 saturated heterocycles. The number of halogens is 1. The van der Waals surface area contributed by atoms with E-state index in [9.17, 15) is 18.1 Å². The molecule has 6 nitrogen and oxygen atoms in total. The third-order valence-corrected chi connectivity index (χ3v) is 4.58. The van der Waals surface area contributed by atoms with Gasteiger partial charge in [0.2, 0.25) is 0 Å². The van der Waals surface area contributed by atoms with E-state index in [0.29, 0.717) is 11.1 Å². The van der Waals surface area contributed by atoms with Crippen LogP contribution in [-0.2, 0) is 25.9 Å². The summed E-state index contributed by atoms with van der Waals surface area (Å²) in [6.45, 7) is 1.58. The fraction of sp³-hybridized carbons (Fsp3) is 0.294. The number of nitrogens with zero attached hydrogens (tertiary/aromatic N) is 2. The zero-order valence-corrected chi connectivity index (χ0v) is 14.9. The molecule has 8 heteroatoms. The molecule has 0 aliphatic rings. The lowest BCUT2D eigenvalue weighted by Gasteiger charge is -2.16. The average molecular weight is 364 g/mol. The number of sulfone groups is 1. The Bertz CT molecular complexity index is 936. The van der Waals surface area contributed by atoms with Crippen molar-refractivity contribution in [2.45, 2.75) is 18.6 Å². The Morgan fingerprint density at radius 3 is 2.56 bits per heavy atom. The molecule has 0 fully saturated rings. The lowest BCUT2D eigenvalue weighted by atomic mass is 9.99. The summed E-state index contributed by atoms with van der Waals surface area (Å²) in [6, 6.07) is 7.76. The number of hydrogen-bond donors (Lipinski definition) is 0. The Labute approximate surface area is 145 Å². The van der Waals surface area contributed by atoms with Crippen LogP contribution in [0.2, 0.25) is 0 Å². The van der Waals surface area contributed by atoms with Gasteiger partial charge in [-0.15, -0.1) is 0 Å². The predicted octanol–water partition coefficient (Wildman–Crippen LogP) is 2.59. The molecule has 132 valence electrons. The van der Waals surface area contributed by atoms with E-state index < -0.39 is 15.7 Å². The lowest BCUT2D eigenvalue weighted by molar-refractivity contribution is -0.0391. The van der Waals surface area contributed by atoms with Gasteiger partial charge in [0.1, 0.15) is 18.7 Å². The van der Waals surface area contributed by atoms with Crippen molar-refractivity contribution >= 4 is 9.84 Å². The van der Waals surface area contributed by atoms with Gasteiger partial charge in [-0.3, -0.25) is 0 Å². The average Bonchev–Trinajstić information content (AvgIpc) is 2.55. The minimum Gasteiger partial charge on any atom is -0.359 e. The summed E-state index contributed by atoms with van der Waals surface area (Å²) in [5, 5.41) is 9.01. The molecule has 1 aromatic heterocycles. The van der Waals surface area contributed by atoms with Crippen LogP contribution in [0.3, 0.4) is 0 Å². The topological polar surface area (TPSA) is 89.3 Å². The van der Waals surface area contributed by atoms with E-state index in [-0.39, 0.29) is 35.2 Å². The highest BCUT2D eigenvalue weighted by Crippen LogP contribution is 2.31. The molecule has 0 radical (unpaired) electrons. The second kappa shape index (κ2) is 7.70. The van der Waals surface area contributed by atoms with E-state index in [0.717, 1.165) is 6.26 Å². The molecule has 2 aromatic rings. The fourth-order valence-corrected chi connectivity index (χ4v) is 3.22. The quantitative estimate of drug-likeness (QED) is 0.578. The molecule has 25 heavy (non-hydrogen) atoms. The maximum atomic E-state index is 14.3. The van der Waals surface area contributed by atoms with Crippen molar-refractivity contribution in [2.24, 2.45) is 0 Å². The molecule has 0 atom stereocenters. The summed E-state index contributed by atoms with van der Waals surface area (Å²) in [6.07, 6.45) is 0.960. The standard InChI is InChI=1S/C17H17FN2O4S/c1-11-13(8-19)17(25(3,21)22)20-16(14(11)9-24-10-23-2)12-6-4-5-7-15(12)18/h4-7H,9-10H2,1-3H3. The summed E-state index contributed by atoms with van der Waals surface area (Å²) in [7, 11) is -2.32. The third-order valence-electron chi connectivity index (χ3n) is 3.58. The molecule has 1 heterocycles. The highest BCUT2D eigenvalue weighted by Gasteiger charge is 2.24. The second-order valence-electron chi connectivity index (χ2n) is 5.36. The Balaban J connectivity index is 2.81. The number of aromatic nitrogens is 1. The third kappa shape index (κ3) is 4.02. The molecule has 0 aliphatic heterocycles. The van der Waals surface area contributed by atoms with Crippen LogP contribution in [0.15, 0.2) is 29.3 Å². The zero-order chi connectivity index (χ0) is 18.6. The number of methoxy groups -OCH3 is 1. The Hall–Kier alpha value is -2.34. The van der Waals surface area contributed by atoms with Crippen LogP contribution in [0.1, 0.15) is 16.7 Å². The molecule has 0 saturated carbocycles. The molecular weight excluding hydrogens is 347 g/mol. The molecular formula is C17H17FN2O4S. The minimum absolute atomic E-state index is 0.00490. The van der Waals surface area contributed by atoms with Crippen molar-refractivity contribution in [1.29, 1.82) is 5.26 Å².